The van der Waals surface area contributed by atoms with Crippen molar-refractivity contribution >= 4 is 21.9 Å². The molecule has 7 aromatic rings. The van der Waals surface area contributed by atoms with Crippen LogP contribution in [0.4, 0.5) is 0 Å². The Morgan fingerprint density at radius 2 is 1.26 bits per heavy atom. The summed E-state index contributed by atoms with van der Waals surface area (Å²) in [5.74, 6) is 0.948. The lowest BCUT2D eigenvalue weighted by molar-refractivity contribution is 0.623. The van der Waals surface area contributed by atoms with Crippen LogP contribution in [0.15, 0.2) is 127 Å². The highest BCUT2D eigenvalue weighted by atomic mass is 15.1. The third-order valence-electron chi connectivity index (χ3n) is 8.28. The Balaban J connectivity index is 1.42. The van der Waals surface area contributed by atoms with Crippen molar-refractivity contribution in [3.63, 3.8) is 0 Å². The van der Waals surface area contributed by atoms with Gasteiger partial charge in [-0.05, 0) is 47.5 Å². The Morgan fingerprint density at radius 1 is 0.590 bits per heavy atom. The molecule has 0 saturated carbocycles. The Bertz CT molecular complexity index is 2040. The summed E-state index contributed by atoms with van der Waals surface area (Å²) in [4.78, 5) is 5.07. The molecule has 0 radical (unpaired) electrons. The minimum atomic E-state index is -0.127. The van der Waals surface area contributed by atoms with E-state index in [9.17, 15) is 0 Å². The molecule has 0 atom stereocenters. The van der Waals surface area contributed by atoms with E-state index in [0.717, 1.165) is 33.8 Å². The molecule has 1 aliphatic carbocycles. The molecule has 3 nitrogen and oxygen atoms in total. The maximum atomic E-state index is 5.07. The third-order valence-corrected chi connectivity index (χ3v) is 8.28. The van der Waals surface area contributed by atoms with Crippen molar-refractivity contribution in [3.8, 4) is 33.9 Å². The lowest BCUT2D eigenvalue weighted by atomic mass is 9.85. The normalized spacial score (nSPS) is 13.6. The molecule has 0 bridgehead atoms. The molecule has 0 spiro atoms. The van der Waals surface area contributed by atoms with Crippen molar-refractivity contribution < 1.29 is 0 Å². The van der Waals surface area contributed by atoms with Gasteiger partial charge in [-0.15, -0.1) is 0 Å². The number of fused-ring (bicyclic) bond motifs is 6. The Morgan fingerprint density at radius 3 is 2.10 bits per heavy atom. The average molecular weight is 502 g/mol. The lowest BCUT2D eigenvalue weighted by Gasteiger charge is -2.25. The molecule has 0 aliphatic heterocycles. The second-order valence-corrected chi connectivity index (χ2v) is 10.9. The van der Waals surface area contributed by atoms with Crippen molar-refractivity contribution in [2.45, 2.75) is 19.3 Å². The van der Waals surface area contributed by atoms with Crippen molar-refractivity contribution in [1.82, 2.24) is 14.1 Å². The van der Waals surface area contributed by atoms with Crippen molar-refractivity contribution in [3.05, 3.63) is 139 Å². The Kier molecular flexibility index (Phi) is 4.57. The van der Waals surface area contributed by atoms with Gasteiger partial charge < -0.3 is 4.57 Å². The Labute approximate surface area is 227 Å². The number of imidazole rings is 1. The van der Waals surface area contributed by atoms with E-state index in [-0.39, 0.29) is 5.41 Å². The first kappa shape index (κ1) is 22.1. The van der Waals surface area contributed by atoms with Gasteiger partial charge in [0.1, 0.15) is 5.82 Å². The van der Waals surface area contributed by atoms with Gasteiger partial charge in [0, 0.05) is 39.0 Å². The van der Waals surface area contributed by atoms with Crippen LogP contribution in [0.2, 0.25) is 0 Å². The van der Waals surface area contributed by atoms with Crippen LogP contribution in [0.25, 0.3) is 55.8 Å². The van der Waals surface area contributed by atoms with E-state index < -0.39 is 0 Å². The molecule has 8 rings (SSSR count). The molecule has 39 heavy (non-hydrogen) atoms. The minimum absolute atomic E-state index is 0.127. The summed E-state index contributed by atoms with van der Waals surface area (Å²) in [6.45, 7) is 4.71. The molecule has 186 valence electrons. The predicted molar refractivity (Wildman–Crippen MR) is 161 cm³/mol. The topological polar surface area (TPSA) is 22.8 Å². The van der Waals surface area contributed by atoms with Crippen LogP contribution in [-0.2, 0) is 5.41 Å². The maximum Gasteiger partial charge on any atom is 0.145 e. The summed E-state index contributed by atoms with van der Waals surface area (Å²) in [6, 6.07) is 45.5. The third kappa shape index (κ3) is 3.07. The largest absolute Gasteiger partial charge is 0.312 e. The van der Waals surface area contributed by atoms with Crippen LogP contribution in [0.5, 0.6) is 0 Å². The first-order valence-electron chi connectivity index (χ1n) is 13.5. The number of hydrogen-bond donors (Lipinski definition) is 0. The second kappa shape index (κ2) is 8.05. The number of aromatic nitrogens is 3. The summed E-state index contributed by atoms with van der Waals surface area (Å²) in [7, 11) is 0. The van der Waals surface area contributed by atoms with Crippen molar-refractivity contribution in [2.24, 2.45) is 0 Å². The number of hydrogen-bond acceptors (Lipinski definition) is 1. The zero-order valence-electron chi connectivity index (χ0n) is 22.0. The fourth-order valence-corrected chi connectivity index (χ4v) is 6.59. The van der Waals surface area contributed by atoms with Gasteiger partial charge in [-0.3, -0.25) is 4.57 Å². The molecule has 0 unspecified atom stereocenters. The van der Waals surface area contributed by atoms with Gasteiger partial charge in [0.15, 0.2) is 0 Å². The standard InChI is InChI=1S/C36H27N3/c1-36(2)29-19-8-6-17-27(29)33-28-18-7-10-21-31(28)38(34(33)36)25-15-12-16-26(23-25)39-32-22-11-9-20-30(32)37-35(39)24-13-4-3-5-14-24/h3-23H,1-2H3. The maximum absolute atomic E-state index is 5.07. The summed E-state index contributed by atoms with van der Waals surface area (Å²) in [5.41, 5.74) is 12.0. The predicted octanol–water partition coefficient (Wildman–Crippen LogP) is 8.94. The molecular formula is C36H27N3. The monoisotopic (exact) mass is 501 g/mol. The van der Waals surface area contributed by atoms with E-state index >= 15 is 0 Å². The summed E-state index contributed by atoms with van der Waals surface area (Å²) >= 11 is 0. The van der Waals surface area contributed by atoms with E-state index in [2.05, 4.69) is 150 Å². The molecule has 2 aromatic heterocycles. The fourth-order valence-electron chi connectivity index (χ4n) is 6.59. The second-order valence-electron chi connectivity index (χ2n) is 10.9. The summed E-state index contributed by atoms with van der Waals surface area (Å²) < 4.78 is 4.77. The molecular weight excluding hydrogens is 474 g/mol. The zero-order chi connectivity index (χ0) is 26.1. The van der Waals surface area contributed by atoms with Gasteiger partial charge >= 0.3 is 0 Å². The van der Waals surface area contributed by atoms with E-state index in [1.807, 2.05) is 0 Å². The van der Waals surface area contributed by atoms with Crippen LogP contribution >= 0.6 is 0 Å². The van der Waals surface area contributed by atoms with E-state index in [4.69, 9.17) is 4.98 Å². The van der Waals surface area contributed by atoms with Crippen LogP contribution in [0.1, 0.15) is 25.1 Å². The van der Waals surface area contributed by atoms with Crippen molar-refractivity contribution in [2.75, 3.05) is 0 Å². The first-order valence-corrected chi connectivity index (χ1v) is 13.5. The number of nitrogens with zero attached hydrogens (tertiary/aromatic N) is 3. The molecule has 3 heteroatoms. The highest BCUT2D eigenvalue weighted by Crippen LogP contribution is 2.53. The molecule has 1 aliphatic rings. The van der Waals surface area contributed by atoms with Gasteiger partial charge in [-0.2, -0.15) is 0 Å². The molecule has 5 aromatic carbocycles. The fraction of sp³-hybridized carbons (Fsp3) is 0.0833. The minimum Gasteiger partial charge on any atom is -0.312 e. The Hall–Kier alpha value is -4.89. The molecule has 0 fully saturated rings. The quantitative estimate of drug-likeness (QED) is 0.237. The van der Waals surface area contributed by atoms with Gasteiger partial charge in [0.05, 0.1) is 16.6 Å². The van der Waals surface area contributed by atoms with Crippen LogP contribution in [0.3, 0.4) is 0 Å². The highest BCUT2D eigenvalue weighted by molar-refractivity contribution is 6.03. The van der Waals surface area contributed by atoms with E-state index in [1.54, 1.807) is 0 Å². The number of benzene rings is 5. The first-order chi connectivity index (χ1) is 19.1. The number of rotatable bonds is 3. The number of para-hydroxylation sites is 3. The van der Waals surface area contributed by atoms with Gasteiger partial charge in [-0.25, -0.2) is 4.98 Å². The lowest BCUT2D eigenvalue weighted by Crippen LogP contribution is -2.19. The summed E-state index contributed by atoms with van der Waals surface area (Å²) in [5, 5.41) is 1.30. The highest BCUT2D eigenvalue weighted by Gasteiger charge is 2.40. The molecule has 2 heterocycles. The van der Waals surface area contributed by atoms with Gasteiger partial charge in [-0.1, -0.05) is 105 Å². The zero-order valence-corrected chi connectivity index (χ0v) is 22.0. The molecule has 0 amide bonds. The smallest absolute Gasteiger partial charge is 0.145 e. The van der Waals surface area contributed by atoms with E-state index in [0.29, 0.717) is 0 Å². The van der Waals surface area contributed by atoms with E-state index in [1.165, 1.54) is 33.3 Å². The van der Waals surface area contributed by atoms with Crippen LogP contribution in [0, 0.1) is 0 Å². The summed E-state index contributed by atoms with van der Waals surface area (Å²) in [6.07, 6.45) is 0. The molecule has 0 saturated heterocycles. The molecule has 0 N–H and O–H groups in total. The van der Waals surface area contributed by atoms with Gasteiger partial charge in [0.25, 0.3) is 0 Å². The van der Waals surface area contributed by atoms with Crippen LogP contribution < -0.4 is 0 Å². The van der Waals surface area contributed by atoms with Crippen molar-refractivity contribution in [1.29, 1.82) is 0 Å². The SMILES string of the molecule is CC1(C)c2ccccc2-c2c1n(-c1cccc(-n3c(-c4ccccc4)nc4ccccc43)c1)c1ccccc21. The van der Waals surface area contributed by atoms with Crippen LogP contribution in [-0.4, -0.2) is 14.1 Å². The average Bonchev–Trinajstić information content (AvgIpc) is 3.61. The van der Waals surface area contributed by atoms with Gasteiger partial charge in [0.2, 0.25) is 0 Å².